The van der Waals surface area contributed by atoms with Crippen molar-refractivity contribution in [3.63, 3.8) is 0 Å². The van der Waals surface area contributed by atoms with E-state index in [4.69, 9.17) is 10.5 Å². The summed E-state index contributed by atoms with van der Waals surface area (Å²) in [6.07, 6.45) is -3.28. The third-order valence-electron chi connectivity index (χ3n) is 3.67. The lowest BCUT2D eigenvalue weighted by molar-refractivity contribution is -0.389. The van der Waals surface area contributed by atoms with Gasteiger partial charge in [0.25, 0.3) is 6.43 Å². The number of aromatic nitrogens is 2. The number of hydrogen-bond donors (Lipinski definition) is 1. The molecule has 0 aliphatic carbocycles. The van der Waals surface area contributed by atoms with Crippen LogP contribution < -0.4 is 5.73 Å². The summed E-state index contributed by atoms with van der Waals surface area (Å²) in [5.74, 6) is -2.77. The highest BCUT2D eigenvalue weighted by Crippen LogP contribution is 2.32. The zero-order chi connectivity index (χ0) is 20.4. The molecular formula is C15H14BrF3N4O4. The quantitative estimate of drug-likeness (QED) is 0.394. The van der Waals surface area contributed by atoms with Gasteiger partial charge in [0.05, 0.1) is 24.3 Å². The molecule has 2 N–H and O–H groups in total. The number of nitrogens with zero attached hydrogens (tertiary/aromatic N) is 3. The smallest absolute Gasteiger partial charge is 0.390 e. The van der Waals surface area contributed by atoms with Gasteiger partial charge in [0.15, 0.2) is 5.69 Å². The van der Waals surface area contributed by atoms with Crippen molar-refractivity contribution in [2.75, 3.05) is 6.61 Å². The number of nitrogens with two attached hydrogens (primary N) is 1. The summed E-state index contributed by atoms with van der Waals surface area (Å²) in [7, 11) is 0. The highest BCUT2D eigenvalue weighted by molar-refractivity contribution is 9.10. The molecule has 2 aromatic rings. The van der Waals surface area contributed by atoms with E-state index in [2.05, 4.69) is 21.0 Å². The Kier molecular flexibility index (Phi) is 6.21. The molecule has 1 aromatic carbocycles. The second-order valence-corrected chi connectivity index (χ2v) is 6.40. The summed E-state index contributed by atoms with van der Waals surface area (Å²) in [4.78, 5) is 22.0. The molecule has 0 aliphatic heterocycles. The van der Waals surface area contributed by atoms with Gasteiger partial charge in [0.2, 0.25) is 0 Å². The van der Waals surface area contributed by atoms with Gasteiger partial charge < -0.3 is 20.6 Å². The van der Waals surface area contributed by atoms with Crippen LogP contribution in [0.4, 0.5) is 19.0 Å². The zero-order valence-electron chi connectivity index (χ0n) is 13.9. The molecule has 146 valence electrons. The minimum atomic E-state index is -3.28. The van der Waals surface area contributed by atoms with Crippen LogP contribution >= 0.6 is 15.9 Å². The van der Waals surface area contributed by atoms with Gasteiger partial charge in [0.1, 0.15) is 11.4 Å². The first kappa shape index (κ1) is 20.8. The van der Waals surface area contributed by atoms with Gasteiger partial charge in [-0.2, -0.15) is 4.68 Å². The van der Waals surface area contributed by atoms with E-state index in [1.54, 1.807) is 0 Å². The molecule has 0 amide bonds. The predicted octanol–water partition coefficient (Wildman–Crippen LogP) is 2.99. The largest absolute Gasteiger partial charge is 0.461 e. The standard InChI is InChI=1S/C15H14BrF3N4O4/c1-2-27-13(24)11-6-12(23(25)26)21-22(11)7-15(20,14(18)19)9-5-8(16)3-4-10(9)17/h3-6,14H,2,7,20H2,1H3. The van der Waals surface area contributed by atoms with E-state index in [1.807, 2.05) is 0 Å². The van der Waals surface area contributed by atoms with Crippen LogP contribution in [0.3, 0.4) is 0 Å². The van der Waals surface area contributed by atoms with Crippen molar-refractivity contribution in [3.8, 4) is 0 Å². The van der Waals surface area contributed by atoms with E-state index in [9.17, 15) is 28.1 Å². The normalized spacial score (nSPS) is 13.4. The minimum Gasteiger partial charge on any atom is -0.461 e. The maximum absolute atomic E-state index is 14.2. The van der Waals surface area contributed by atoms with Gasteiger partial charge in [-0.25, -0.2) is 18.0 Å². The van der Waals surface area contributed by atoms with Crippen LogP contribution in [0.25, 0.3) is 0 Å². The van der Waals surface area contributed by atoms with Crippen molar-refractivity contribution < 1.29 is 27.6 Å². The molecule has 0 fully saturated rings. The summed E-state index contributed by atoms with van der Waals surface area (Å²) in [5.41, 5.74) is 2.19. The number of esters is 1. The van der Waals surface area contributed by atoms with Crippen molar-refractivity contribution in [3.05, 3.63) is 55.9 Å². The Bertz CT molecular complexity index is 877. The van der Waals surface area contributed by atoms with E-state index in [-0.39, 0.29) is 6.61 Å². The van der Waals surface area contributed by atoms with Crippen LogP contribution in [-0.4, -0.2) is 33.7 Å². The second kappa shape index (κ2) is 8.05. The van der Waals surface area contributed by atoms with Gasteiger partial charge >= 0.3 is 11.8 Å². The predicted molar refractivity (Wildman–Crippen MR) is 90.8 cm³/mol. The first-order valence-corrected chi connectivity index (χ1v) is 8.31. The lowest BCUT2D eigenvalue weighted by Crippen LogP contribution is -2.49. The lowest BCUT2D eigenvalue weighted by atomic mass is 9.90. The molecule has 1 atom stereocenters. The van der Waals surface area contributed by atoms with Crippen LogP contribution in [0.1, 0.15) is 23.0 Å². The maximum Gasteiger partial charge on any atom is 0.390 e. The molecule has 0 saturated heterocycles. The fourth-order valence-corrected chi connectivity index (χ4v) is 2.72. The van der Waals surface area contributed by atoms with Crippen LogP contribution in [0.2, 0.25) is 0 Å². The Morgan fingerprint density at radius 2 is 2.15 bits per heavy atom. The molecular weight excluding hydrogens is 437 g/mol. The molecule has 1 aromatic heterocycles. The van der Waals surface area contributed by atoms with E-state index < -0.39 is 52.3 Å². The maximum atomic E-state index is 14.2. The van der Waals surface area contributed by atoms with Gasteiger partial charge in [-0.3, -0.25) is 0 Å². The highest BCUT2D eigenvalue weighted by Gasteiger charge is 2.43. The molecule has 12 heteroatoms. The SMILES string of the molecule is CCOC(=O)c1cc([N+](=O)[O-])nn1CC(N)(c1cc(Br)ccc1F)C(F)F. The monoisotopic (exact) mass is 450 g/mol. The first-order chi connectivity index (χ1) is 12.6. The van der Waals surface area contributed by atoms with Crippen LogP contribution in [0, 0.1) is 15.9 Å². The van der Waals surface area contributed by atoms with Gasteiger partial charge in [-0.1, -0.05) is 15.9 Å². The fraction of sp³-hybridized carbons (Fsp3) is 0.333. The van der Waals surface area contributed by atoms with Crippen molar-refractivity contribution in [2.24, 2.45) is 5.73 Å². The molecule has 1 unspecified atom stereocenters. The first-order valence-electron chi connectivity index (χ1n) is 7.52. The lowest BCUT2D eigenvalue weighted by Gasteiger charge is -2.29. The third kappa shape index (κ3) is 4.27. The summed E-state index contributed by atoms with van der Waals surface area (Å²) in [6, 6.07) is 4.10. The summed E-state index contributed by atoms with van der Waals surface area (Å²) in [6.45, 7) is 0.539. The van der Waals surface area contributed by atoms with Crippen molar-refractivity contribution in [1.29, 1.82) is 0 Å². The molecule has 0 bridgehead atoms. The zero-order valence-corrected chi connectivity index (χ0v) is 15.5. The van der Waals surface area contributed by atoms with Crippen LogP contribution in [0.5, 0.6) is 0 Å². The van der Waals surface area contributed by atoms with Crippen molar-refractivity contribution in [2.45, 2.75) is 25.4 Å². The number of hydrogen-bond acceptors (Lipinski definition) is 6. The molecule has 1 heterocycles. The van der Waals surface area contributed by atoms with Crippen molar-refractivity contribution in [1.82, 2.24) is 9.78 Å². The number of benzene rings is 1. The number of rotatable bonds is 7. The Morgan fingerprint density at radius 1 is 1.48 bits per heavy atom. The number of nitro groups is 1. The van der Waals surface area contributed by atoms with Gasteiger partial charge in [-0.15, -0.1) is 0 Å². The molecule has 0 spiro atoms. The van der Waals surface area contributed by atoms with E-state index >= 15 is 0 Å². The highest BCUT2D eigenvalue weighted by atomic mass is 79.9. The number of ether oxygens (including phenoxy) is 1. The molecule has 0 radical (unpaired) electrons. The average Bonchev–Trinajstić information content (AvgIpc) is 3.01. The van der Waals surface area contributed by atoms with Crippen LogP contribution in [0.15, 0.2) is 28.7 Å². The molecule has 2 rings (SSSR count). The van der Waals surface area contributed by atoms with E-state index in [0.29, 0.717) is 9.15 Å². The Morgan fingerprint density at radius 3 is 2.70 bits per heavy atom. The van der Waals surface area contributed by atoms with Gasteiger partial charge in [0, 0.05) is 10.0 Å². The third-order valence-corrected chi connectivity index (χ3v) is 4.16. The summed E-state index contributed by atoms with van der Waals surface area (Å²) in [5, 5.41) is 14.5. The Balaban J connectivity index is 2.57. The molecule has 8 nitrogen and oxygen atoms in total. The molecule has 0 aliphatic rings. The average molecular weight is 451 g/mol. The van der Waals surface area contributed by atoms with Crippen LogP contribution in [-0.2, 0) is 16.8 Å². The molecule has 0 saturated carbocycles. The Hall–Kier alpha value is -2.47. The number of halogens is 4. The molecule has 27 heavy (non-hydrogen) atoms. The van der Waals surface area contributed by atoms with Crippen molar-refractivity contribution >= 4 is 27.7 Å². The topological polar surface area (TPSA) is 113 Å². The number of carbonyl (C=O) groups is 1. The van der Waals surface area contributed by atoms with Gasteiger partial charge in [-0.05, 0) is 30.0 Å². The Labute approximate surface area is 159 Å². The number of alkyl halides is 2. The van der Waals surface area contributed by atoms with E-state index in [0.717, 1.165) is 18.2 Å². The second-order valence-electron chi connectivity index (χ2n) is 5.49. The minimum absolute atomic E-state index is 0.0549. The summed E-state index contributed by atoms with van der Waals surface area (Å²) >= 11 is 3.05. The number of carbonyl (C=O) groups excluding carboxylic acids is 1. The fourth-order valence-electron chi connectivity index (χ4n) is 2.36. The van der Waals surface area contributed by atoms with E-state index in [1.165, 1.54) is 13.0 Å². The summed E-state index contributed by atoms with van der Waals surface area (Å²) < 4.78 is 47.5.